The predicted octanol–water partition coefficient (Wildman–Crippen LogP) is 4.35. The molecule has 30 heavy (non-hydrogen) atoms. The van der Waals surface area contributed by atoms with Crippen molar-refractivity contribution in [3.8, 4) is 5.75 Å². The van der Waals surface area contributed by atoms with Crippen LogP contribution in [0.3, 0.4) is 0 Å². The van der Waals surface area contributed by atoms with E-state index in [2.05, 4.69) is 52.6 Å². The Balaban J connectivity index is 1.36. The van der Waals surface area contributed by atoms with Crippen LogP contribution in [-0.2, 0) is 4.79 Å². The number of ether oxygens (including phenoxy) is 1. The Labute approximate surface area is 181 Å². The van der Waals surface area contributed by atoms with E-state index in [0.717, 1.165) is 42.7 Å². The molecule has 0 atom stereocenters. The second kappa shape index (κ2) is 9.22. The second-order valence-corrected chi connectivity index (χ2v) is 8.30. The number of carbonyl (C=O) groups excluding carboxylic acids is 1. The molecule has 154 valence electrons. The maximum Gasteiger partial charge on any atom is 0.286 e. The minimum Gasteiger partial charge on any atom is -0.490 e. The molecule has 2 aliphatic rings. The van der Waals surface area contributed by atoms with Crippen LogP contribution in [0.4, 0.5) is 5.69 Å². The Morgan fingerprint density at radius 3 is 2.53 bits per heavy atom. The number of amides is 1. The standard InChI is InChI=1S/C24H25N3O2S/c1-3-15-29-21-9-7-19(8-10-21)17-22-23(28)25-24(30-22)27-13-11-26(12-14-27)20-6-4-5-18(2)16-20/h3-10,16-17H,1,11-15H2,2H3/b22-17-. The van der Waals surface area contributed by atoms with Crippen molar-refractivity contribution in [2.24, 2.45) is 4.99 Å². The van der Waals surface area contributed by atoms with Gasteiger partial charge >= 0.3 is 0 Å². The molecule has 2 heterocycles. The predicted molar refractivity (Wildman–Crippen MR) is 125 cm³/mol. The zero-order valence-electron chi connectivity index (χ0n) is 17.1. The summed E-state index contributed by atoms with van der Waals surface area (Å²) in [4.78, 5) is 22.0. The Hall–Kier alpha value is -2.99. The van der Waals surface area contributed by atoms with Crippen LogP contribution in [0, 0.1) is 6.92 Å². The lowest BCUT2D eigenvalue weighted by atomic mass is 10.2. The smallest absolute Gasteiger partial charge is 0.286 e. The van der Waals surface area contributed by atoms with Crippen molar-refractivity contribution in [3.63, 3.8) is 0 Å². The van der Waals surface area contributed by atoms with Gasteiger partial charge < -0.3 is 14.5 Å². The van der Waals surface area contributed by atoms with Gasteiger partial charge in [-0.2, -0.15) is 4.99 Å². The van der Waals surface area contributed by atoms with Gasteiger partial charge in [-0.15, -0.1) is 0 Å². The fourth-order valence-electron chi connectivity index (χ4n) is 3.48. The number of thioether (sulfide) groups is 1. The molecule has 0 aromatic heterocycles. The van der Waals surface area contributed by atoms with Crippen molar-refractivity contribution in [1.29, 1.82) is 0 Å². The minimum atomic E-state index is -0.164. The van der Waals surface area contributed by atoms with Crippen LogP contribution in [0.2, 0.25) is 0 Å². The highest BCUT2D eigenvalue weighted by molar-refractivity contribution is 8.18. The molecule has 6 heteroatoms. The minimum absolute atomic E-state index is 0.164. The van der Waals surface area contributed by atoms with E-state index in [4.69, 9.17) is 4.74 Å². The maximum absolute atomic E-state index is 12.4. The zero-order chi connectivity index (χ0) is 20.9. The average molecular weight is 420 g/mol. The first-order valence-corrected chi connectivity index (χ1v) is 10.9. The Kier molecular flexibility index (Phi) is 6.23. The number of nitrogens with zero attached hydrogens (tertiary/aromatic N) is 3. The lowest BCUT2D eigenvalue weighted by Gasteiger charge is -2.36. The molecule has 2 aromatic carbocycles. The topological polar surface area (TPSA) is 45.1 Å². The lowest BCUT2D eigenvalue weighted by Crippen LogP contribution is -2.47. The highest BCUT2D eigenvalue weighted by Crippen LogP contribution is 2.31. The Bertz CT molecular complexity index is 990. The summed E-state index contributed by atoms with van der Waals surface area (Å²) in [6.07, 6.45) is 3.60. The van der Waals surface area contributed by atoms with E-state index in [1.165, 1.54) is 23.0 Å². The zero-order valence-corrected chi connectivity index (χ0v) is 17.9. The molecule has 2 aromatic rings. The molecule has 5 nitrogen and oxygen atoms in total. The fourth-order valence-corrected chi connectivity index (χ4v) is 4.45. The van der Waals surface area contributed by atoms with Gasteiger partial charge in [-0.05, 0) is 60.2 Å². The molecule has 0 aliphatic carbocycles. The summed E-state index contributed by atoms with van der Waals surface area (Å²) >= 11 is 1.46. The van der Waals surface area contributed by atoms with Crippen LogP contribution >= 0.6 is 11.8 Å². The summed E-state index contributed by atoms with van der Waals surface area (Å²) in [5.41, 5.74) is 3.48. The number of aliphatic imine (C=N–C) groups is 1. The summed E-state index contributed by atoms with van der Waals surface area (Å²) in [6.45, 7) is 9.79. The molecule has 0 spiro atoms. The number of rotatable bonds is 5. The first-order chi connectivity index (χ1) is 14.6. The fraction of sp³-hybridized carbons (Fsp3) is 0.250. The van der Waals surface area contributed by atoms with E-state index >= 15 is 0 Å². The van der Waals surface area contributed by atoms with Crippen molar-refractivity contribution < 1.29 is 9.53 Å². The Morgan fingerprint density at radius 1 is 1.10 bits per heavy atom. The highest BCUT2D eigenvalue weighted by atomic mass is 32.2. The van der Waals surface area contributed by atoms with Crippen molar-refractivity contribution in [1.82, 2.24) is 4.90 Å². The SMILES string of the molecule is C=CCOc1ccc(/C=C2\SC(N3CCN(c4cccc(C)c4)CC3)=NC2=O)cc1. The lowest BCUT2D eigenvalue weighted by molar-refractivity contribution is -0.113. The summed E-state index contributed by atoms with van der Waals surface area (Å²) in [7, 11) is 0. The molecule has 0 bridgehead atoms. The van der Waals surface area contributed by atoms with Gasteiger partial charge in [0.15, 0.2) is 5.17 Å². The summed E-state index contributed by atoms with van der Waals surface area (Å²) < 4.78 is 5.50. The van der Waals surface area contributed by atoms with Gasteiger partial charge in [0.05, 0.1) is 4.91 Å². The van der Waals surface area contributed by atoms with Gasteiger partial charge in [0.1, 0.15) is 12.4 Å². The maximum atomic E-state index is 12.4. The molecular weight excluding hydrogens is 394 g/mol. The third-order valence-corrected chi connectivity index (χ3v) is 6.12. The molecule has 1 saturated heterocycles. The van der Waals surface area contributed by atoms with E-state index < -0.39 is 0 Å². The number of piperazine rings is 1. The third kappa shape index (κ3) is 4.76. The molecule has 4 rings (SSSR count). The van der Waals surface area contributed by atoms with Gasteiger partial charge in [0, 0.05) is 31.9 Å². The summed E-state index contributed by atoms with van der Waals surface area (Å²) in [5, 5.41) is 0.807. The van der Waals surface area contributed by atoms with Crippen LogP contribution in [0.25, 0.3) is 6.08 Å². The Morgan fingerprint density at radius 2 is 1.83 bits per heavy atom. The number of hydrogen-bond acceptors (Lipinski definition) is 5. The normalized spacial score (nSPS) is 18.0. The van der Waals surface area contributed by atoms with Crippen molar-refractivity contribution in [2.75, 3.05) is 37.7 Å². The molecule has 1 amide bonds. The molecule has 0 N–H and O–H groups in total. The van der Waals surface area contributed by atoms with Crippen LogP contribution in [0.5, 0.6) is 5.75 Å². The monoisotopic (exact) mass is 419 g/mol. The van der Waals surface area contributed by atoms with Crippen molar-refractivity contribution in [2.45, 2.75) is 6.92 Å². The first kappa shape index (κ1) is 20.3. The summed E-state index contributed by atoms with van der Waals surface area (Å²) in [5.74, 6) is 0.619. The molecule has 0 radical (unpaired) electrons. The van der Waals surface area contributed by atoms with E-state index in [0.29, 0.717) is 11.5 Å². The van der Waals surface area contributed by atoms with Gasteiger partial charge in [0.25, 0.3) is 5.91 Å². The number of carbonyl (C=O) groups is 1. The molecular formula is C24H25N3O2S. The number of hydrogen-bond donors (Lipinski definition) is 0. The van der Waals surface area contributed by atoms with E-state index in [9.17, 15) is 4.79 Å². The third-order valence-electron chi connectivity index (χ3n) is 5.07. The highest BCUT2D eigenvalue weighted by Gasteiger charge is 2.28. The number of aryl methyl sites for hydroxylation is 1. The largest absolute Gasteiger partial charge is 0.490 e. The van der Waals surface area contributed by atoms with E-state index in [-0.39, 0.29) is 5.91 Å². The van der Waals surface area contributed by atoms with E-state index in [1.807, 2.05) is 30.3 Å². The molecule has 1 fully saturated rings. The van der Waals surface area contributed by atoms with Crippen LogP contribution in [0.15, 0.2) is 71.1 Å². The van der Waals surface area contributed by atoms with Gasteiger partial charge in [-0.3, -0.25) is 4.79 Å². The van der Waals surface area contributed by atoms with Crippen LogP contribution in [-0.4, -0.2) is 48.8 Å². The van der Waals surface area contributed by atoms with Crippen LogP contribution in [0.1, 0.15) is 11.1 Å². The quantitative estimate of drug-likeness (QED) is 0.533. The number of amidine groups is 1. The number of benzene rings is 2. The van der Waals surface area contributed by atoms with Gasteiger partial charge in [-0.1, -0.05) is 36.9 Å². The van der Waals surface area contributed by atoms with Crippen LogP contribution < -0.4 is 9.64 Å². The summed E-state index contributed by atoms with van der Waals surface area (Å²) in [6, 6.07) is 16.3. The van der Waals surface area contributed by atoms with Gasteiger partial charge in [0.2, 0.25) is 0 Å². The average Bonchev–Trinajstić information content (AvgIpc) is 3.13. The molecule has 0 unspecified atom stereocenters. The number of anilines is 1. The van der Waals surface area contributed by atoms with Crippen molar-refractivity contribution in [3.05, 3.63) is 77.2 Å². The first-order valence-electron chi connectivity index (χ1n) is 10.1. The van der Waals surface area contributed by atoms with Crippen molar-refractivity contribution >= 4 is 34.6 Å². The van der Waals surface area contributed by atoms with Gasteiger partial charge in [-0.25, -0.2) is 0 Å². The van der Waals surface area contributed by atoms with E-state index in [1.54, 1.807) is 6.08 Å². The molecule has 2 aliphatic heterocycles. The second-order valence-electron chi connectivity index (χ2n) is 7.29. The molecule has 0 saturated carbocycles.